The van der Waals surface area contributed by atoms with Gasteiger partial charge in [-0.1, -0.05) is 0 Å². The Balaban J connectivity index is 1.42. The van der Waals surface area contributed by atoms with Crippen LogP contribution in [0.15, 0.2) is 30.9 Å². The Morgan fingerprint density at radius 1 is 1.29 bits per heavy atom. The number of ether oxygens (including phenoxy) is 1. The second-order valence-corrected chi connectivity index (χ2v) is 9.99. The lowest BCUT2D eigenvalue weighted by Crippen LogP contribution is -2.41. The number of rotatable bonds is 6. The van der Waals surface area contributed by atoms with E-state index in [1.807, 2.05) is 18.3 Å². The van der Waals surface area contributed by atoms with Crippen LogP contribution < -0.4 is 10.1 Å². The van der Waals surface area contributed by atoms with Crippen LogP contribution in [-0.2, 0) is 22.4 Å². The summed E-state index contributed by atoms with van der Waals surface area (Å²) in [5.74, 6) is 1.14. The number of aryl methyl sites for hydroxylation is 1. The van der Waals surface area contributed by atoms with E-state index in [2.05, 4.69) is 20.4 Å². The number of nitrogens with one attached hydrogen (secondary N) is 1. The maximum Gasteiger partial charge on any atom is 0.241 e. The van der Waals surface area contributed by atoms with Crippen LogP contribution in [0.1, 0.15) is 16.9 Å². The van der Waals surface area contributed by atoms with Gasteiger partial charge in [-0.3, -0.25) is 9.59 Å². The molecule has 0 aliphatic heterocycles. The van der Waals surface area contributed by atoms with Gasteiger partial charge >= 0.3 is 0 Å². The molecule has 1 aliphatic carbocycles. The Bertz CT molecular complexity index is 1430. The molecule has 0 aromatic carbocycles. The molecular formula is C24H27N7O3S. The summed E-state index contributed by atoms with van der Waals surface area (Å²) in [4.78, 5) is 39.2. The number of hydrogen-bond donors (Lipinski definition) is 1. The number of amides is 2. The van der Waals surface area contributed by atoms with Gasteiger partial charge in [-0.25, -0.2) is 14.5 Å². The summed E-state index contributed by atoms with van der Waals surface area (Å²) in [6, 6.07) is 3.89. The minimum absolute atomic E-state index is 0.00610. The number of thiophene rings is 1. The highest BCUT2D eigenvalue weighted by atomic mass is 32.1. The van der Waals surface area contributed by atoms with Crippen molar-refractivity contribution in [2.45, 2.75) is 19.3 Å². The summed E-state index contributed by atoms with van der Waals surface area (Å²) in [6.07, 6.45) is 7.23. The van der Waals surface area contributed by atoms with E-state index in [1.165, 1.54) is 15.4 Å². The Morgan fingerprint density at radius 2 is 2.11 bits per heavy atom. The molecule has 0 saturated carbocycles. The van der Waals surface area contributed by atoms with Crippen molar-refractivity contribution in [1.82, 2.24) is 29.4 Å². The quantitative estimate of drug-likeness (QED) is 0.440. The fraction of sp³-hybridized carbons (Fsp3) is 0.375. The lowest BCUT2D eigenvalue weighted by Gasteiger charge is -2.27. The summed E-state index contributed by atoms with van der Waals surface area (Å²) in [6.45, 7) is 0.0878. The lowest BCUT2D eigenvalue weighted by molar-refractivity contribution is -0.140. The van der Waals surface area contributed by atoms with E-state index in [-0.39, 0.29) is 24.3 Å². The second kappa shape index (κ2) is 9.14. The van der Waals surface area contributed by atoms with E-state index in [1.54, 1.807) is 56.6 Å². The van der Waals surface area contributed by atoms with Crippen LogP contribution in [0.3, 0.4) is 0 Å². The van der Waals surface area contributed by atoms with Crippen LogP contribution in [0.5, 0.6) is 5.75 Å². The molecule has 1 aliphatic rings. The molecule has 10 nitrogen and oxygen atoms in total. The molecule has 182 valence electrons. The van der Waals surface area contributed by atoms with Crippen LogP contribution >= 0.6 is 11.3 Å². The number of fused-ring (bicyclic) bond motifs is 4. The molecule has 0 radical (unpaired) electrons. The number of pyridine rings is 1. The third-order valence-corrected chi connectivity index (χ3v) is 7.58. The standard InChI is InChI=1S/C24H27N7O3S/c1-29(2)20(32)12-30(3)24(33)14-5-6-16-19(9-14)35-23-21(16)22(25-13-26-23)28-17-10-15-7-8-27-31(15)11-18(17)34-4/h7-8,10-11,13-14H,5-6,9,12H2,1-4H3,(H,25,26,28)/t14-/m0/s1. The molecular weight excluding hydrogens is 466 g/mol. The smallest absolute Gasteiger partial charge is 0.241 e. The Kier molecular flexibility index (Phi) is 6.01. The van der Waals surface area contributed by atoms with Crippen LogP contribution in [0.25, 0.3) is 15.7 Å². The largest absolute Gasteiger partial charge is 0.493 e. The predicted octanol–water partition coefficient (Wildman–Crippen LogP) is 2.74. The first-order valence-corrected chi connectivity index (χ1v) is 12.2. The highest BCUT2D eigenvalue weighted by Gasteiger charge is 2.31. The average molecular weight is 494 g/mol. The summed E-state index contributed by atoms with van der Waals surface area (Å²) < 4.78 is 7.33. The average Bonchev–Trinajstić information content (AvgIpc) is 3.46. The van der Waals surface area contributed by atoms with Gasteiger partial charge < -0.3 is 19.9 Å². The normalized spacial score (nSPS) is 15.1. The van der Waals surface area contributed by atoms with E-state index in [4.69, 9.17) is 4.74 Å². The number of aromatic nitrogens is 4. The van der Waals surface area contributed by atoms with Gasteiger partial charge in [0.05, 0.1) is 36.4 Å². The Labute approximate surface area is 206 Å². The summed E-state index contributed by atoms with van der Waals surface area (Å²) in [7, 11) is 6.71. The predicted molar refractivity (Wildman–Crippen MR) is 134 cm³/mol. The molecule has 0 fully saturated rings. The third-order valence-electron chi connectivity index (χ3n) is 6.41. The summed E-state index contributed by atoms with van der Waals surface area (Å²) in [5, 5.41) is 8.70. The molecule has 0 saturated heterocycles. The first kappa shape index (κ1) is 23.0. The van der Waals surface area contributed by atoms with Crippen molar-refractivity contribution in [2.24, 2.45) is 5.92 Å². The molecule has 1 atom stereocenters. The van der Waals surface area contributed by atoms with Gasteiger partial charge in [-0.2, -0.15) is 5.10 Å². The molecule has 0 unspecified atom stereocenters. The maximum atomic E-state index is 13.0. The van der Waals surface area contributed by atoms with E-state index >= 15 is 0 Å². The lowest BCUT2D eigenvalue weighted by atomic mass is 9.87. The van der Waals surface area contributed by atoms with Crippen molar-refractivity contribution in [3.05, 3.63) is 41.3 Å². The zero-order valence-electron chi connectivity index (χ0n) is 20.1. The summed E-state index contributed by atoms with van der Waals surface area (Å²) >= 11 is 1.61. The fourth-order valence-corrected chi connectivity index (χ4v) is 5.75. The number of carbonyl (C=O) groups excluding carboxylic acids is 2. The van der Waals surface area contributed by atoms with Crippen molar-refractivity contribution < 1.29 is 14.3 Å². The molecule has 4 heterocycles. The van der Waals surface area contributed by atoms with E-state index < -0.39 is 0 Å². The summed E-state index contributed by atoms with van der Waals surface area (Å²) in [5.41, 5.74) is 2.91. The van der Waals surface area contributed by atoms with Gasteiger partial charge in [-0.05, 0) is 37.0 Å². The van der Waals surface area contributed by atoms with Gasteiger partial charge in [0, 0.05) is 38.1 Å². The fourth-order valence-electron chi connectivity index (χ4n) is 4.48. The molecule has 4 aromatic heterocycles. The van der Waals surface area contributed by atoms with E-state index in [9.17, 15) is 9.59 Å². The van der Waals surface area contributed by atoms with Crippen molar-refractivity contribution in [1.29, 1.82) is 0 Å². The van der Waals surface area contributed by atoms with Crippen LogP contribution in [0, 0.1) is 5.92 Å². The van der Waals surface area contributed by atoms with Gasteiger partial charge in [-0.15, -0.1) is 11.3 Å². The zero-order chi connectivity index (χ0) is 24.7. The molecule has 4 aromatic rings. The maximum absolute atomic E-state index is 13.0. The number of carbonyl (C=O) groups is 2. The SMILES string of the molecule is COc1cn2nccc2cc1Nc1ncnc2sc3c(c12)CC[C@H](C(=O)N(C)CC(=O)N(C)C)C3. The Morgan fingerprint density at radius 3 is 2.89 bits per heavy atom. The first-order chi connectivity index (χ1) is 16.9. The van der Waals surface area contributed by atoms with Crippen LogP contribution in [-0.4, -0.2) is 76.0 Å². The third kappa shape index (κ3) is 4.27. The van der Waals surface area contributed by atoms with Gasteiger partial charge in [0.2, 0.25) is 11.8 Å². The van der Waals surface area contributed by atoms with Gasteiger partial charge in [0.15, 0.2) is 5.75 Å². The van der Waals surface area contributed by atoms with E-state index in [0.29, 0.717) is 18.0 Å². The second-order valence-electron chi connectivity index (χ2n) is 8.91. The van der Waals surface area contributed by atoms with Crippen molar-refractivity contribution >= 4 is 50.4 Å². The van der Waals surface area contributed by atoms with Crippen LogP contribution in [0.2, 0.25) is 0 Å². The molecule has 2 amide bonds. The Hall–Kier alpha value is -3.73. The van der Waals surface area contributed by atoms with Gasteiger partial charge in [0.1, 0.15) is 17.0 Å². The number of hydrogen-bond acceptors (Lipinski definition) is 8. The van der Waals surface area contributed by atoms with Crippen molar-refractivity contribution in [2.75, 3.05) is 40.1 Å². The molecule has 5 rings (SSSR count). The van der Waals surface area contributed by atoms with E-state index in [0.717, 1.165) is 39.1 Å². The monoisotopic (exact) mass is 493 g/mol. The molecule has 1 N–H and O–H groups in total. The van der Waals surface area contributed by atoms with Crippen molar-refractivity contribution in [3.63, 3.8) is 0 Å². The minimum Gasteiger partial charge on any atom is -0.493 e. The number of methoxy groups -OCH3 is 1. The molecule has 11 heteroatoms. The topological polar surface area (TPSA) is 105 Å². The zero-order valence-corrected chi connectivity index (χ0v) is 20.9. The molecule has 35 heavy (non-hydrogen) atoms. The number of anilines is 2. The highest BCUT2D eigenvalue weighted by Crippen LogP contribution is 2.41. The number of nitrogens with zero attached hydrogens (tertiary/aromatic N) is 6. The molecule has 0 bridgehead atoms. The van der Waals surface area contributed by atoms with Crippen molar-refractivity contribution in [3.8, 4) is 5.75 Å². The number of likely N-dealkylation sites (N-methyl/N-ethyl adjacent to an activating group) is 2. The highest BCUT2D eigenvalue weighted by molar-refractivity contribution is 7.19. The van der Waals surface area contributed by atoms with Gasteiger partial charge in [0.25, 0.3) is 0 Å². The van der Waals surface area contributed by atoms with Crippen LogP contribution in [0.4, 0.5) is 11.5 Å². The minimum atomic E-state index is -0.149. The molecule has 0 spiro atoms. The first-order valence-electron chi connectivity index (χ1n) is 11.3.